The van der Waals surface area contributed by atoms with E-state index in [9.17, 15) is 13.2 Å². The molecule has 2 aromatic carbocycles. The highest BCUT2D eigenvalue weighted by Crippen LogP contribution is 2.21. The van der Waals surface area contributed by atoms with Gasteiger partial charge in [0, 0.05) is 18.7 Å². The molecule has 2 aromatic rings. The number of amides is 1. The first-order valence-corrected chi connectivity index (χ1v) is 10.2. The van der Waals surface area contributed by atoms with E-state index in [1.54, 1.807) is 24.1 Å². The third kappa shape index (κ3) is 4.71. The Morgan fingerprint density at radius 1 is 1.04 bits per heavy atom. The number of carbonyl (C=O) groups excluding carboxylic acids is 1. The SMILES string of the molecule is CCC(C)NS(=O)(=O)c1ccc(C(=O)N(C)C(C)c2ccccc2)cc1. The van der Waals surface area contributed by atoms with Crippen molar-refractivity contribution in [2.75, 3.05) is 7.05 Å². The van der Waals surface area contributed by atoms with Crippen molar-refractivity contribution >= 4 is 15.9 Å². The first-order valence-electron chi connectivity index (χ1n) is 8.70. The van der Waals surface area contributed by atoms with E-state index in [0.29, 0.717) is 12.0 Å². The molecule has 0 aliphatic heterocycles. The Labute approximate surface area is 156 Å². The second-order valence-electron chi connectivity index (χ2n) is 6.46. The molecule has 26 heavy (non-hydrogen) atoms. The second-order valence-corrected chi connectivity index (χ2v) is 8.17. The summed E-state index contributed by atoms with van der Waals surface area (Å²) in [6.45, 7) is 5.69. The zero-order valence-corrected chi connectivity index (χ0v) is 16.5. The molecule has 0 radical (unpaired) electrons. The lowest BCUT2D eigenvalue weighted by Gasteiger charge is -2.25. The number of hydrogen-bond donors (Lipinski definition) is 1. The van der Waals surface area contributed by atoms with Crippen molar-refractivity contribution in [3.8, 4) is 0 Å². The summed E-state index contributed by atoms with van der Waals surface area (Å²) in [5.74, 6) is -0.153. The number of nitrogens with zero attached hydrogens (tertiary/aromatic N) is 1. The van der Waals surface area contributed by atoms with Crippen molar-refractivity contribution in [3.63, 3.8) is 0 Å². The number of nitrogens with one attached hydrogen (secondary N) is 1. The highest BCUT2D eigenvalue weighted by Gasteiger charge is 2.21. The van der Waals surface area contributed by atoms with Crippen LogP contribution in [-0.4, -0.2) is 32.3 Å². The number of rotatable bonds is 7. The summed E-state index contributed by atoms with van der Waals surface area (Å²) < 4.78 is 27.2. The molecule has 6 heteroatoms. The molecule has 2 rings (SSSR count). The van der Waals surface area contributed by atoms with Gasteiger partial charge in [0.1, 0.15) is 0 Å². The maximum atomic E-state index is 12.7. The Hall–Kier alpha value is -2.18. The van der Waals surface area contributed by atoms with Crippen LogP contribution >= 0.6 is 0 Å². The Bertz CT molecular complexity index is 833. The van der Waals surface area contributed by atoms with Gasteiger partial charge in [-0.3, -0.25) is 4.79 Å². The quantitative estimate of drug-likeness (QED) is 0.805. The zero-order valence-electron chi connectivity index (χ0n) is 15.6. The van der Waals surface area contributed by atoms with E-state index in [1.165, 1.54) is 12.1 Å². The van der Waals surface area contributed by atoms with E-state index >= 15 is 0 Å². The largest absolute Gasteiger partial charge is 0.335 e. The molecule has 140 valence electrons. The van der Waals surface area contributed by atoms with Gasteiger partial charge >= 0.3 is 0 Å². The van der Waals surface area contributed by atoms with Crippen molar-refractivity contribution in [2.45, 2.75) is 44.2 Å². The summed E-state index contributed by atoms with van der Waals surface area (Å²) in [6.07, 6.45) is 0.706. The minimum absolute atomic E-state index is 0.0841. The number of sulfonamides is 1. The van der Waals surface area contributed by atoms with E-state index in [4.69, 9.17) is 0 Å². The molecule has 2 unspecified atom stereocenters. The molecule has 0 aromatic heterocycles. The fraction of sp³-hybridized carbons (Fsp3) is 0.350. The predicted octanol–water partition coefficient (Wildman–Crippen LogP) is 3.60. The van der Waals surface area contributed by atoms with Crippen molar-refractivity contribution < 1.29 is 13.2 Å². The van der Waals surface area contributed by atoms with Gasteiger partial charge in [0.05, 0.1) is 10.9 Å². The van der Waals surface area contributed by atoms with E-state index < -0.39 is 10.0 Å². The molecule has 0 saturated heterocycles. The molecule has 0 saturated carbocycles. The molecule has 1 N–H and O–H groups in total. The molecule has 1 amide bonds. The Balaban J connectivity index is 2.16. The van der Waals surface area contributed by atoms with Gasteiger partial charge < -0.3 is 4.90 Å². The van der Waals surface area contributed by atoms with Crippen LogP contribution in [0.3, 0.4) is 0 Å². The van der Waals surface area contributed by atoms with Crippen LogP contribution in [0.15, 0.2) is 59.5 Å². The molecule has 5 nitrogen and oxygen atoms in total. The maximum absolute atomic E-state index is 12.7. The van der Waals surface area contributed by atoms with E-state index in [0.717, 1.165) is 5.56 Å². The predicted molar refractivity (Wildman–Crippen MR) is 103 cm³/mol. The van der Waals surface area contributed by atoms with Crippen molar-refractivity contribution in [1.29, 1.82) is 0 Å². The van der Waals surface area contributed by atoms with Crippen LogP contribution in [0.1, 0.15) is 49.2 Å². The van der Waals surface area contributed by atoms with Gasteiger partial charge in [-0.25, -0.2) is 13.1 Å². The molecular formula is C20H26N2O3S. The topological polar surface area (TPSA) is 66.5 Å². The van der Waals surface area contributed by atoms with Crippen LogP contribution in [0, 0.1) is 0 Å². The van der Waals surface area contributed by atoms with Crippen LogP contribution in [0.2, 0.25) is 0 Å². The summed E-state index contributed by atoms with van der Waals surface area (Å²) >= 11 is 0. The summed E-state index contributed by atoms with van der Waals surface area (Å²) in [4.78, 5) is 14.5. The highest BCUT2D eigenvalue weighted by molar-refractivity contribution is 7.89. The maximum Gasteiger partial charge on any atom is 0.254 e. The normalized spacial score (nSPS) is 13.8. The molecule has 0 spiro atoms. The zero-order chi connectivity index (χ0) is 19.3. The average Bonchev–Trinajstić information content (AvgIpc) is 2.66. The molecular weight excluding hydrogens is 348 g/mol. The minimum Gasteiger partial charge on any atom is -0.335 e. The van der Waals surface area contributed by atoms with Gasteiger partial charge in [0.15, 0.2) is 0 Å². The third-order valence-electron chi connectivity index (χ3n) is 4.56. The first-order chi connectivity index (χ1) is 12.3. The van der Waals surface area contributed by atoms with Crippen LogP contribution in [0.5, 0.6) is 0 Å². The summed E-state index contributed by atoms with van der Waals surface area (Å²) in [5, 5.41) is 0. The average molecular weight is 375 g/mol. The van der Waals surface area contributed by atoms with Gasteiger partial charge in [0.2, 0.25) is 10.0 Å². The van der Waals surface area contributed by atoms with Crippen molar-refractivity contribution in [2.24, 2.45) is 0 Å². The summed E-state index contributed by atoms with van der Waals surface area (Å²) in [7, 11) is -1.82. The van der Waals surface area contributed by atoms with Crippen LogP contribution in [0.4, 0.5) is 0 Å². The second kappa shape index (κ2) is 8.47. The fourth-order valence-electron chi connectivity index (χ4n) is 2.53. The minimum atomic E-state index is -3.57. The lowest BCUT2D eigenvalue weighted by molar-refractivity contribution is 0.0742. The van der Waals surface area contributed by atoms with Gasteiger partial charge in [-0.05, 0) is 50.1 Å². The standard InChI is InChI=1S/C20H26N2O3S/c1-5-15(2)21-26(24,25)19-13-11-18(12-14-19)20(23)22(4)16(3)17-9-7-6-8-10-17/h6-16,21H,5H2,1-4H3. The third-order valence-corrected chi connectivity index (χ3v) is 6.17. The van der Waals surface area contributed by atoms with Crippen molar-refractivity contribution in [1.82, 2.24) is 9.62 Å². The monoisotopic (exact) mass is 374 g/mol. The van der Waals surface area contributed by atoms with Crippen LogP contribution < -0.4 is 4.72 Å². The molecule has 0 fully saturated rings. The first kappa shape index (κ1) is 20.1. The van der Waals surface area contributed by atoms with E-state index in [2.05, 4.69) is 4.72 Å². The number of benzene rings is 2. The van der Waals surface area contributed by atoms with E-state index in [1.807, 2.05) is 51.1 Å². The fourth-order valence-corrected chi connectivity index (χ4v) is 3.85. The van der Waals surface area contributed by atoms with Crippen LogP contribution in [0.25, 0.3) is 0 Å². The lowest BCUT2D eigenvalue weighted by atomic mass is 10.1. The Kier molecular flexibility index (Phi) is 6.56. The lowest BCUT2D eigenvalue weighted by Crippen LogP contribution is -2.32. The molecule has 0 aliphatic rings. The Morgan fingerprint density at radius 3 is 2.15 bits per heavy atom. The van der Waals surface area contributed by atoms with Crippen molar-refractivity contribution in [3.05, 3.63) is 65.7 Å². The van der Waals surface area contributed by atoms with Gasteiger partial charge in [-0.15, -0.1) is 0 Å². The summed E-state index contributed by atoms with van der Waals surface area (Å²) in [6, 6.07) is 15.6. The number of carbonyl (C=O) groups is 1. The van der Waals surface area contributed by atoms with Crippen LogP contribution in [-0.2, 0) is 10.0 Å². The van der Waals surface area contributed by atoms with Gasteiger partial charge in [-0.2, -0.15) is 0 Å². The van der Waals surface area contributed by atoms with Gasteiger partial charge in [0.25, 0.3) is 5.91 Å². The molecule has 0 heterocycles. The van der Waals surface area contributed by atoms with E-state index in [-0.39, 0.29) is 22.9 Å². The highest BCUT2D eigenvalue weighted by atomic mass is 32.2. The molecule has 2 atom stereocenters. The number of hydrogen-bond acceptors (Lipinski definition) is 3. The molecule has 0 bridgehead atoms. The molecule has 0 aliphatic carbocycles. The van der Waals surface area contributed by atoms with Gasteiger partial charge in [-0.1, -0.05) is 37.3 Å². The smallest absolute Gasteiger partial charge is 0.254 e. The Morgan fingerprint density at radius 2 is 1.62 bits per heavy atom. The summed E-state index contributed by atoms with van der Waals surface area (Å²) in [5.41, 5.74) is 1.50.